The fourth-order valence-electron chi connectivity index (χ4n) is 2.44. The van der Waals surface area contributed by atoms with Gasteiger partial charge in [-0.25, -0.2) is 12.8 Å². The van der Waals surface area contributed by atoms with Crippen LogP contribution in [-0.4, -0.2) is 14.3 Å². The number of nitrogens with one attached hydrogen (secondary N) is 2. The number of anilines is 2. The van der Waals surface area contributed by atoms with Crippen molar-refractivity contribution in [1.29, 1.82) is 0 Å². The van der Waals surface area contributed by atoms with Crippen molar-refractivity contribution in [3.63, 3.8) is 0 Å². The van der Waals surface area contributed by atoms with Crippen LogP contribution in [0.1, 0.15) is 15.9 Å². The Kier molecular flexibility index (Phi) is 5.67. The summed E-state index contributed by atoms with van der Waals surface area (Å²) in [6, 6.07) is 15.6. The first-order valence-corrected chi connectivity index (χ1v) is 10.1. The number of carbonyl (C=O) groups is 1. The molecule has 5 nitrogen and oxygen atoms in total. The van der Waals surface area contributed by atoms with Gasteiger partial charge in [-0.2, -0.15) is 0 Å². The molecule has 3 aromatic carbocycles. The number of hydrogen-bond acceptors (Lipinski definition) is 3. The maximum atomic E-state index is 13.0. The normalized spacial score (nSPS) is 11.1. The summed E-state index contributed by atoms with van der Waals surface area (Å²) in [7, 11) is -3.85. The van der Waals surface area contributed by atoms with Gasteiger partial charge in [-0.05, 0) is 73.2 Å². The highest BCUT2D eigenvalue weighted by atomic mass is 35.5. The van der Waals surface area contributed by atoms with Gasteiger partial charge in [0.25, 0.3) is 15.9 Å². The second-order valence-corrected chi connectivity index (χ2v) is 8.17. The monoisotopic (exact) mass is 418 g/mol. The Labute approximate surface area is 167 Å². The maximum Gasteiger partial charge on any atom is 0.261 e. The Bertz CT molecular complexity index is 1120. The van der Waals surface area contributed by atoms with Crippen LogP contribution in [-0.2, 0) is 10.0 Å². The van der Waals surface area contributed by atoms with Gasteiger partial charge >= 0.3 is 0 Å². The number of sulfonamides is 1. The number of rotatable bonds is 5. The quantitative estimate of drug-likeness (QED) is 0.622. The number of hydrogen-bond donors (Lipinski definition) is 2. The Morgan fingerprint density at radius 1 is 0.964 bits per heavy atom. The molecule has 0 aliphatic carbocycles. The lowest BCUT2D eigenvalue weighted by Crippen LogP contribution is -2.14. The zero-order valence-corrected chi connectivity index (χ0v) is 16.3. The van der Waals surface area contributed by atoms with Gasteiger partial charge in [-0.1, -0.05) is 17.7 Å². The molecular formula is C20H16ClFN2O3S. The number of aryl methyl sites for hydroxylation is 1. The second-order valence-electron chi connectivity index (χ2n) is 6.05. The minimum Gasteiger partial charge on any atom is -0.322 e. The van der Waals surface area contributed by atoms with Crippen LogP contribution in [0.4, 0.5) is 15.8 Å². The van der Waals surface area contributed by atoms with E-state index in [1.807, 2.05) is 6.92 Å². The van der Waals surface area contributed by atoms with E-state index in [9.17, 15) is 17.6 Å². The van der Waals surface area contributed by atoms with Crippen molar-refractivity contribution in [2.75, 3.05) is 10.0 Å². The van der Waals surface area contributed by atoms with Gasteiger partial charge in [0.1, 0.15) is 5.82 Å². The Hall–Kier alpha value is -2.90. The molecule has 0 unspecified atom stereocenters. The minimum absolute atomic E-state index is 0.0628. The van der Waals surface area contributed by atoms with Gasteiger partial charge in [-0.3, -0.25) is 9.52 Å². The summed E-state index contributed by atoms with van der Waals surface area (Å²) in [5, 5.41) is 3.27. The Balaban J connectivity index is 1.73. The van der Waals surface area contributed by atoms with Crippen molar-refractivity contribution in [3.05, 3.63) is 88.7 Å². The van der Waals surface area contributed by atoms with Crippen LogP contribution >= 0.6 is 11.6 Å². The third-order valence-electron chi connectivity index (χ3n) is 3.97. The van der Waals surface area contributed by atoms with Gasteiger partial charge in [-0.15, -0.1) is 0 Å². The van der Waals surface area contributed by atoms with Crippen LogP contribution in [0.15, 0.2) is 71.6 Å². The number of carbonyl (C=O) groups excluding carboxylic acids is 1. The molecule has 0 aromatic heterocycles. The summed E-state index contributed by atoms with van der Waals surface area (Å²) in [6.45, 7) is 1.85. The molecule has 3 aromatic rings. The highest BCUT2D eigenvalue weighted by Gasteiger charge is 2.15. The maximum absolute atomic E-state index is 13.0. The Morgan fingerprint density at radius 3 is 2.25 bits per heavy atom. The molecule has 8 heteroatoms. The van der Waals surface area contributed by atoms with E-state index in [1.54, 1.807) is 18.2 Å². The van der Waals surface area contributed by atoms with Gasteiger partial charge in [0.15, 0.2) is 0 Å². The van der Waals surface area contributed by atoms with Crippen LogP contribution in [0.3, 0.4) is 0 Å². The molecule has 0 radical (unpaired) electrons. The highest BCUT2D eigenvalue weighted by molar-refractivity contribution is 7.92. The standard InChI is InChI=1S/C20H16ClFN2O3S/c1-13-2-5-15(21)12-19(13)23-20(25)14-3-8-17(9-4-14)24-28(26,27)18-10-6-16(22)7-11-18/h2-12,24H,1H3,(H,23,25). The predicted molar refractivity (Wildman–Crippen MR) is 108 cm³/mol. The summed E-state index contributed by atoms with van der Waals surface area (Å²) in [5.74, 6) is -0.873. The molecule has 0 saturated heterocycles. The molecule has 0 fully saturated rings. The smallest absolute Gasteiger partial charge is 0.261 e. The lowest BCUT2D eigenvalue weighted by molar-refractivity contribution is 0.102. The summed E-state index contributed by atoms with van der Waals surface area (Å²) < 4.78 is 40.0. The second kappa shape index (κ2) is 8.00. The molecule has 0 saturated carbocycles. The SMILES string of the molecule is Cc1ccc(Cl)cc1NC(=O)c1ccc(NS(=O)(=O)c2ccc(F)cc2)cc1. The highest BCUT2D eigenvalue weighted by Crippen LogP contribution is 2.22. The molecule has 144 valence electrons. The molecule has 3 rings (SSSR count). The zero-order valence-electron chi connectivity index (χ0n) is 14.7. The van der Waals surface area contributed by atoms with E-state index in [4.69, 9.17) is 11.6 Å². The van der Waals surface area contributed by atoms with Crippen molar-refractivity contribution < 1.29 is 17.6 Å². The average molecular weight is 419 g/mol. The van der Waals surface area contributed by atoms with E-state index in [-0.39, 0.29) is 16.5 Å². The fraction of sp³-hybridized carbons (Fsp3) is 0.0500. The van der Waals surface area contributed by atoms with Crippen LogP contribution in [0.25, 0.3) is 0 Å². The first kappa shape index (κ1) is 19.9. The van der Waals surface area contributed by atoms with Crippen LogP contribution in [0, 0.1) is 12.7 Å². The fourth-order valence-corrected chi connectivity index (χ4v) is 3.67. The number of benzene rings is 3. The van der Waals surface area contributed by atoms with Gasteiger partial charge in [0.05, 0.1) is 4.90 Å². The van der Waals surface area contributed by atoms with E-state index >= 15 is 0 Å². The lowest BCUT2D eigenvalue weighted by atomic mass is 10.1. The van der Waals surface area contributed by atoms with Gasteiger partial charge in [0.2, 0.25) is 0 Å². The molecule has 2 N–H and O–H groups in total. The Morgan fingerprint density at radius 2 is 1.61 bits per heavy atom. The van der Waals surface area contributed by atoms with Crippen LogP contribution in [0.2, 0.25) is 5.02 Å². The number of amides is 1. The number of halogens is 2. The summed E-state index contributed by atoms with van der Waals surface area (Å²) in [4.78, 5) is 12.3. The molecule has 0 atom stereocenters. The molecular weight excluding hydrogens is 403 g/mol. The van der Waals surface area contributed by atoms with Crippen LogP contribution in [0.5, 0.6) is 0 Å². The van der Waals surface area contributed by atoms with Gasteiger partial charge in [0, 0.05) is 22.0 Å². The average Bonchev–Trinajstić information content (AvgIpc) is 2.65. The van der Waals surface area contributed by atoms with E-state index in [1.165, 1.54) is 36.4 Å². The van der Waals surface area contributed by atoms with E-state index in [0.717, 1.165) is 17.7 Å². The molecule has 0 spiro atoms. The van der Waals surface area contributed by atoms with Crippen molar-refractivity contribution in [1.82, 2.24) is 0 Å². The molecule has 28 heavy (non-hydrogen) atoms. The summed E-state index contributed by atoms with van der Waals surface area (Å²) >= 11 is 5.95. The first-order chi connectivity index (χ1) is 13.2. The molecule has 0 heterocycles. The van der Waals surface area contributed by atoms with Crippen molar-refractivity contribution in [2.24, 2.45) is 0 Å². The van der Waals surface area contributed by atoms with E-state index in [2.05, 4.69) is 10.0 Å². The van der Waals surface area contributed by atoms with Crippen molar-refractivity contribution in [2.45, 2.75) is 11.8 Å². The molecule has 0 aliphatic rings. The first-order valence-electron chi connectivity index (χ1n) is 8.20. The van der Waals surface area contributed by atoms with Crippen molar-refractivity contribution in [3.8, 4) is 0 Å². The molecule has 0 bridgehead atoms. The zero-order chi connectivity index (χ0) is 20.3. The van der Waals surface area contributed by atoms with Crippen molar-refractivity contribution >= 4 is 38.9 Å². The minimum atomic E-state index is -3.85. The predicted octanol–water partition coefficient (Wildman–Crippen LogP) is 4.84. The summed E-state index contributed by atoms with van der Waals surface area (Å²) in [5.41, 5.74) is 2.09. The third-order valence-corrected chi connectivity index (χ3v) is 5.60. The third kappa shape index (κ3) is 4.68. The van der Waals surface area contributed by atoms with E-state index in [0.29, 0.717) is 16.3 Å². The molecule has 1 amide bonds. The largest absolute Gasteiger partial charge is 0.322 e. The summed E-state index contributed by atoms with van der Waals surface area (Å²) in [6.07, 6.45) is 0. The van der Waals surface area contributed by atoms with Gasteiger partial charge < -0.3 is 5.32 Å². The topological polar surface area (TPSA) is 75.3 Å². The molecule has 0 aliphatic heterocycles. The lowest BCUT2D eigenvalue weighted by Gasteiger charge is -2.10. The van der Waals surface area contributed by atoms with E-state index < -0.39 is 15.8 Å². The van der Waals surface area contributed by atoms with Crippen LogP contribution < -0.4 is 10.0 Å².